The summed E-state index contributed by atoms with van der Waals surface area (Å²) in [6.07, 6.45) is 5.50. The second kappa shape index (κ2) is 7.90. The van der Waals surface area contributed by atoms with E-state index in [1.807, 2.05) is 22.7 Å². The second-order valence-corrected chi connectivity index (χ2v) is 9.31. The van der Waals surface area contributed by atoms with Crippen LogP contribution in [0.15, 0.2) is 30.6 Å². The number of aliphatic hydroxyl groups excluding tert-OH is 1. The Morgan fingerprint density at radius 1 is 1.23 bits per heavy atom. The lowest BCUT2D eigenvalue weighted by Gasteiger charge is -2.42. The molecule has 2 unspecified atom stereocenters. The van der Waals surface area contributed by atoms with Crippen molar-refractivity contribution in [1.29, 1.82) is 0 Å². The van der Waals surface area contributed by atoms with Crippen LogP contribution in [-0.2, 0) is 11.3 Å². The highest BCUT2D eigenvalue weighted by molar-refractivity contribution is 6.43. The van der Waals surface area contributed by atoms with Crippen LogP contribution in [0.1, 0.15) is 25.5 Å². The number of rotatable bonds is 3. The molecule has 7 nitrogen and oxygen atoms in total. The van der Waals surface area contributed by atoms with Crippen LogP contribution in [0, 0.1) is 5.41 Å². The molecule has 0 saturated carbocycles. The summed E-state index contributed by atoms with van der Waals surface area (Å²) in [6.45, 7) is 4.31. The van der Waals surface area contributed by atoms with Crippen molar-refractivity contribution in [1.82, 2.24) is 14.4 Å². The first-order valence-electron chi connectivity index (χ1n) is 10.5. The van der Waals surface area contributed by atoms with Crippen molar-refractivity contribution in [2.45, 2.75) is 38.5 Å². The van der Waals surface area contributed by atoms with E-state index in [0.717, 1.165) is 38.4 Å². The molecule has 2 saturated heterocycles. The predicted molar refractivity (Wildman–Crippen MR) is 122 cm³/mol. The maximum atomic E-state index is 9.96. The molecule has 4 heterocycles. The van der Waals surface area contributed by atoms with Crippen LogP contribution >= 0.6 is 23.2 Å². The Kier molecular flexibility index (Phi) is 5.35. The Morgan fingerprint density at radius 2 is 2.00 bits per heavy atom. The van der Waals surface area contributed by atoms with E-state index in [1.165, 1.54) is 0 Å². The van der Waals surface area contributed by atoms with Crippen LogP contribution in [0.5, 0.6) is 0 Å². The van der Waals surface area contributed by atoms with Gasteiger partial charge in [-0.05, 0) is 25.8 Å². The van der Waals surface area contributed by atoms with Crippen molar-refractivity contribution in [3.05, 3.63) is 46.3 Å². The SMILES string of the molecule is CC1OCC2(CCN(c3cnc(-c4cccc(Cl)c4Cl)c4ncc(CO)n34)CC2)C1N. The molecule has 0 aliphatic carbocycles. The third-order valence-corrected chi connectivity index (χ3v) is 7.70. The molecule has 3 N–H and O–H groups in total. The largest absolute Gasteiger partial charge is 0.390 e. The molecule has 0 radical (unpaired) electrons. The number of benzene rings is 1. The van der Waals surface area contributed by atoms with Crippen molar-refractivity contribution in [3.8, 4) is 11.3 Å². The number of halogens is 2. The number of aliphatic hydroxyl groups is 1. The Balaban J connectivity index is 1.54. The number of hydrogen-bond donors (Lipinski definition) is 2. The van der Waals surface area contributed by atoms with E-state index < -0.39 is 0 Å². The highest BCUT2D eigenvalue weighted by Crippen LogP contribution is 2.42. The molecule has 2 aliphatic rings. The van der Waals surface area contributed by atoms with Gasteiger partial charge >= 0.3 is 0 Å². The van der Waals surface area contributed by atoms with E-state index in [9.17, 15) is 5.11 Å². The first-order valence-corrected chi connectivity index (χ1v) is 11.2. The fourth-order valence-electron chi connectivity index (χ4n) is 4.91. The maximum Gasteiger partial charge on any atom is 0.165 e. The topological polar surface area (TPSA) is 88.9 Å². The molecule has 2 atom stereocenters. The van der Waals surface area contributed by atoms with E-state index in [0.29, 0.717) is 32.6 Å². The standard InChI is InChI=1S/C22H25Cl2N5O2/c1-13-20(25)22(12-31-13)5-7-28(8-6-22)17-10-26-19(15-3-2-4-16(23)18(15)24)21-27-9-14(11-30)29(17)21/h2-4,9-10,13,20,30H,5-8,11-12,25H2,1H3. The van der Waals surface area contributed by atoms with Crippen molar-refractivity contribution >= 4 is 34.7 Å². The Hall–Kier alpha value is -1.90. The molecule has 2 aromatic heterocycles. The summed E-state index contributed by atoms with van der Waals surface area (Å²) in [7, 11) is 0. The summed E-state index contributed by atoms with van der Waals surface area (Å²) >= 11 is 12.7. The van der Waals surface area contributed by atoms with E-state index in [-0.39, 0.29) is 24.2 Å². The molecule has 0 bridgehead atoms. The molecule has 2 aliphatic heterocycles. The van der Waals surface area contributed by atoms with Crippen molar-refractivity contribution in [2.75, 3.05) is 24.6 Å². The molecule has 164 valence electrons. The average molecular weight is 462 g/mol. The van der Waals surface area contributed by atoms with Crippen LogP contribution in [0.4, 0.5) is 5.82 Å². The first-order chi connectivity index (χ1) is 14.9. The summed E-state index contributed by atoms with van der Waals surface area (Å²) < 4.78 is 7.82. The summed E-state index contributed by atoms with van der Waals surface area (Å²) in [5.74, 6) is 0.897. The molecular weight excluding hydrogens is 437 g/mol. The summed E-state index contributed by atoms with van der Waals surface area (Å²) in [5.41, 5.74) is 9.18. The molecular formula is C22H25Cl2N5O2. The molecule has 31 heavy (non-hydrogen) atoms. The number of ether oxygens (including phenoxy) is 1. The van der Waals surface area contributed by atoms with Crippen molar-refractivity contribution < 1.29 is 9.84 Å². The molecule has 3 aromatic rings. The monoisotopic (exact) mass is 461 g/mol. The van der Waals surface area contributed by atoms with Gasteiger partial charge in [-0.15, -0.1) is 0 Å². The molecule has 2 fully saturated rings. The Morgan fingerprint density at radius 3 is 2.68 bits per heavy atom. The number of aromatic nitrogens is 3. The summed E-state index contributed by atoms with van der Waals surface area (Å²) in [5, 5.41) is 10.9. The minimum absolute atomic E-state index is 0.0332. The van der Waals surface area contributed by atoms with Crippen LogP contribution in [0.2, 0.25) is 10.0 Å². The molecule has 1 spiro atoms. The summed E-state index contributed by atoms with van der Waals surface area (Å²) in [6, 6.07) is 5.51. The van der Waals surface area contributed by atoms with Gasteiger partial charge in [0.1, 0.15) is 11.5 Å². The molecule has 1 aromatic carbocycles. The van der Waals surface area contributed by atoms with E-state index in [1.54, 1.807) is 12.3 Å². The molecule has 9 heteroatoms. The number of nitrogens with two attached hydrogens (primary N) is 1. The normalized spacial score (nSPS) is 23.2. The van der Waals surface area contributed by atoms with Gasteiger partial charge in [0.15, 0.2) is 5.65 Å². The van der Waals surface area contributed by atoms with Crippen molar-refractivity contribution in [2.24, 2.45) is 11.1 Å². The minimum atomic E-state index is -0.130. The van der Waals surface area contributed by atoms with Crippen LogP contribution in [-0.4, -0.2) is 51.3 Å². The zero-order chi connectivity index (χ0) is 21.8. The highest BCUT2D eigenvalue weighted by Gasteiger charge is 2.47. The van der Waals surface area contributed by atoms with E-state index in [2.05, 4.69) is 16.8 Å². The molecule has 0 amide bonds. The average Bonchev–Trinajstić information content (AvgIpc) is 3.33. The smallest absolute Gasteiger partial charge is 0.165 e. The lowest BCUT2D eigenvalue weighted by atomic mass is 9.73. The quantitative estimate of drug-likeness (QED) is 0.619. The number of anilines is 1. The van der Waals surface area contributed by atoms with E-state index >= 15 is 0 Å². The lowest BCUT2D eigenvalue weighted by Crippen LogP contribution is -2.51. The molecule has 5 rings (SSSR count). The van der Waals surface area contributed by atoms with Crippen LogP contribution in [0.25, 0.3) is 16.9 Å². The summed E-state index contributed by atoms with van der Waals surface area (Å²) in [4.78, 5) is 11.6. The predicted octanol–water partition coefficient (Wildman–Crippen LogP) is 3.53. The van der Waals surface area contributed by atoms with Gasteiger partial charge < -0.3 is 20.5 Å². The highest BCUT2D eigenvalue weighted by atomic mass is 35.5. The van der Waals surface area contributed by atoms with Gasteiger partial charge in [0.25, 0.3) is 0 Å². The Labute approximate surface area is 190 Å². The fourth-order valence-corrected chi connectivity index (χ4v) is 5.30. The number of nitrogens with zero attached hydrogens (tertiary/aromatic N) is 4. The van der Waals surface area contributed by atoms with Crippen molar-refractivity contribution in [3.63, 3.8) is 0 Å². The van der Waals surface area contributed by atoms with Gasteiger partial charge in [0, 0.05) is 30.1 Å². The third kappa shape index (κ3) is 3.31. The zero-order valence-electron chi connectivity index (χ0n) is 17.3. The lowest BCUT2D eigenvalue weighted by molar-refractivity contribution is 0.0974. The number of fused-ring (bicyclic) bond motifs is 1. The first kappa shape index (κ1) is 21.0. The number of hydrogen-bond acceptors (Lipinski definition) is 6. The van der Waals surface area contributed by atoms with Gasteiger partial charge in [0.2, 0.25) is 0 Å². The zero-order valence-corrected chi connectivity index (χ0v) is 18.8. The second-order valence-electron chi connectivity index (χ2n) is 8.52. The maximum absolute atomic E-state index is 9.96. The van der Waals surface area contributed by atoms with Gasteiger partial charge in [-0.1, -0.05) is 35.3 Å². The number of piperidine rings is 1. The van der Waals surface area contributed by atoms with Crippen LogP contribution in [0.3, 0.4) is 0 Å². The van der Waals surface area contributed by atoms with Gasteiger partial charge in [0.05, 0.1) is 47.5 Å². The van der Waals surface area contributed by atoms with Crippen LogP contribution < -0.4 is 10.6 Å². The van der Waals surface area contributed by atoms with Gasteiger partial charge in [-0.2, -0.15) is 0 Å². The fraction of sp³-hybridized carbons (Fsp3) is 0.455. The number of imidazole rings is 1. The Bertz CT molecular complexity index is 1130. The van der Waals surface area contributed by atoms with E-state index in [4.69, 9.17) is 38.7 Å². The van der Waals surface area contributed by atoms with Gasteiger partial charge in [-0.25, -0.2) is 9.97 Å². The van der Waals surface area contributed by atoms with Gasteiger partial charge in [-0.3, -0.25) is 4.40 Å². The third-order valence-electron chi connectivity index (χ3n) is 6.88. The minimum Gasteiger partial charge on any atom is -0.390 e.